The second kappa shape index (κ2) is 7.47. The molecule has 0 saturated carbocycles. The van der Waals surface area contributed by atoms with E-state index in [0.717, 1.165) is 33.9 Å². The van der Waals surface area contributed by atoms with Gasteiger partial charge in [0.1, 0.15) is 19.0 Å². The summed E-state index contributed by atoms with van der Waals surface area (Å²) in [6, 6.07) is 11.5. The maximum absolute atomic E-state index is 12.2. The summed E-state index contributed by atoms with van der Waals surface area (Å²) >= 11 is 0. The lowest BCUT2D eigenvalue weighted by Gasteiger charge is -2.21. The highest BCUT2D eigenvalue weighted by molar-refractivity contribution is 5.78. The van der Waals surface area contributed by atoms with Gasteiger partial charge in [-0.15, -0.1) is 0 Å². The van der Waals surface area contributed by atoms with Gasteiger partial charge in [-0.05, 0) is 49.6 Å². The van der Waals surface area contributed by atoms with Gasteiger partial charge >= 0.3 is 0 Å². The van der Waals surface area contributed by atoms with Crippen LogP contribution in [0.25, 0.3) is 0 Å². The minimum Gasteiger partial charge on any atom is -0.486 e. The largest absolute Gasteiger partial charge is 0.486 e. The minimum absolute atomic E-state index is 0.0133. The van der Waals surface area contributed by atoms with Gasteiger partial charge in [-0.1, -0.05) is 24.3 Å². The molecular formula is C20H23NO4. The Morgan fingerprint density at radius 3 is 2.52 bits per heavy atom. The number of amides is 1. The van der Waals surface area contributed by atoms with Crippen LogP contribution in [0.1, 0.15) is 29.7 Å². The topological polar surface area (TPSA) is 56.8 Å². The van der Waals surface area contributed by atoms with Gasteiger partial charge in [-0.25, -0.2) is 0 Å². The van der Waals surface area contributed by atoms with Gasteiger partial charge in [0.2, 0.25) is 0 Å². The Hall–Kier alpha value is -2.69. The fourth-order valence-electron chi connectivity index (χ4n) is 2.86. The number of hydrogen-bond donors (Lipinski definition) is 1. The third-order valence-corrected chi connectivity index (χ3v) is 4.20. The number of para-hydroxylation sites is 1. The molecule has 25 heavy (non-hydrogen) atoms. The Morgan fingerprint density at radius 2 is 1.80 bits per heavy atom. The molecule has 1 heterocycles. The van der Waals surface area contributed by atoms with E-state index >= 15 is 0 Å². The average molecular weight is 341 g/mol. The molecule has 1 aliphatic rings. The van der Waals surface area contributed by atoms with E-state index in [4.69, 9.17) is 14.2 Å². The molecule has 2 aromatic carbocycles. The van der Waals surface area contributed by atoms with Crippen LogP contribution in [-0.2, 0) is 4.79 Å². The number of ether oxygens (including phenoxy) is 3. The van der Waals surface area contributed by atoms with Crippen LogP contribution in [-0.4, -0.2) is 25.7 Å². The van der Waals surface area contributed by atoms with Crippen molar-refractivity contribution in [3.63, 3.8) is 0 Å². The standard InChI is InChI=1S/C20H23NO4/c1-13-5-4-6-14(2)20(13)25-12-19(22)21-15(3)16-7-8-17-18(11-16)24-10-9-23-17/h4-8,11,15H,9-10,12H2,1-3H3,(H,21,22). The van der Waals surface area contributed by atoms with Crippen LogP contribution in [0.2, 0.25) is 0 Å². The highest BCUT2D eigenvalue weighted by atomic mass is 16.6. The summed E-state index contributed by atoms with van der Waals surface area (Å²) < 4.78 is 16.8. The van der Waals surface area contributed by atoms with E-state index in [1.54, 1.807) is 0 Å². The Kier molecular flexibility index (Phi) is 5.12. The average Bonchev–Trinajstić information content (AvgIpc) is 2.61. The third-order valence-electron chi connectivity index (χ3n) is 4.20. The first-order valence-electron chi connectivity index (χ1n) is 8.42. The van der Waals surface area contributed by atoms with Gasteiger partial charge in [0.25, 0.3) is 5.91 Å². The summed E-state index contributed by atoms with van der Waals surface area (Å²) in [4.78, 5) is 12.2. The Labute approximate surface area is 147 Å². The summed E-state index contributed by atoms with van der Waals surface area (Å²) in [7, 11) is 0. The summed E-state index contributed by atoms with van der Waals surface area (Å²) in [5, 5.41) is 2.95. The number of fused-ring (bicyclic) bond motifs is 1. The molecule has 1 amide bonds. The van der Waals surface area contributed by atoms with Crippen molar-refractivity contribution in [1.82, 2.24) is 5.32 Å². The molecule has 2 aromatic rings. The second-order valence-electron chi connectivity index (χ2n) is 6.20. The summed E-state index contributed by atoms with van der Waals surface area (Å²) in [6.07, 6.45) is 0. The third kappa shape index (κ3) is 4.05. The molecule has 5 nitrogen and oxygen atoms in total. The van der Waals surface area contributed by atoms with Crippen LogP contribution in [0.3, 0.4) is 0 Å². The number of carbonyl (C=O) groups excluding carboxylic acids is 1. The number of carbonyl (C=O) groups is 1. The molecule has 0 bridgehead atoms. The number of nitrogens with one attached hydrogen (secondary N) is 1. The zero-order chi connectivity index (χ0) is 17.8. The molecule has 1 atom stereocenters. The second-order valence-corrected chi connectivity index (χ2v) is 6.20. The van der Waals surface area contributed by atoms with E-state index in [1.165, 1.54) is 0 Å². The number of hydrogen-bond acceptors (Lipinski definition) is 4. The van der Waals surface area contributed by atoms with Crippen molar-refractivity contribution in [3.05, 3.63) is 53.1 Å². The number of benzene rings is 2. The molecule has 0 spiro atoms. The Morgan fingerprint density at radius 1 is 1.12 bits per heavy atom. The molecule has 3 rings (SSSR count). The first-order chi connectivity index (χ1) is 12.0. The molecule has 0 aliphatic carbocycles. The van der Waals surface area contributed by atoms with Gasteiger partial charge < -0.3 is 19.5 Å². The van der Waals surface area contributed by atoms with Gasteiger partial charge in [-0.3, -0.25) is 4.79 Å². The van der Waals surface area contributed by atoms with Gasteiger partial charge in [-0.2, -0.15) is 0 Å². The first-order valence-corrected chi connectivity index (χ1v) is 8.42. The molecule has 0 radical (unpaired) electrons. The zero-order valence-electron chi connectivity index (χ0n) is 14.8. The van der Waals surface area contributed by atoms with Crippen molar-refractivity contribution in [2.45, 2.75) is 26.8 Å². The van der Waals surface area contributed by atoms with Crippen molar-refractivity contribution in [1.29, 1.82) is 0 Å². The van der Waals surface area contributed by atoms with Crippen LogP contribution < -0.4 is 19.5 Å². The molecule has 1 unspecified atom stereocenters. The normalized spacial score (nSPS) is 13.9. The van der Waals surface area contributed by atoms with Gasteiger partial charge in [0, 0.05) is 0 Å². The Bertz CT molecular complexity index is 752. The summed E-state index contributed by atoms with van der Waals surface area (Å²) in [6.45, 7) is 6.97. The summed E-state index contributed by atoms with van der Waals surface area (Å²) in [5.74, 6) is 2.07. The minimum atomic E-state index is -0.162. The molecule has 0 saturated heterocycles. The lowest BCUT2D eigenvalue weighted by atomic mass is 10.1. The van der Waals surface area contributed by atoms with Crippen LogP contribution in [0, 0.1) is 13.8 Å². The van der Waals surface area contributed by atoms with Crippen LogP contribution in [0.4, 0.5) is 0 Å². The maximum Gasteiger partial charge on any atom is 0.258 e. The zero-order valence-corrected chi connectivity index (χ0v) is 14.8. The lowest BCUT2D eigenvalue weighted by Crippen LogP contribution is -2.31. The van der Waals surface area contributed by atoms with Crippen LogP contribution >= 0.6 is 0 Å². The lowest BCUT2D eigenvalue weighted by molar-refractivity contribution is -0.123. The van der Waals surface area contributed by atoms with E-state index < -0.39 is 0 Å². The van der Waals surface area contributed by atoms with Gasteiger partial charge in [0.15, 0.2) is 18.1 Å². The quantitative estimate of drug-likeness (QED) is 0.906. The highest BCUT2D eigenvalue weighted by Crippen LogP contribution is 2.32. The molecule has 1 N–H and O–H groups in total. The fourth-order valence-corrected chi connectivity index (χ4v) is 2.86. The van der Waals surface area contributed by atoms with Crippen molar-refractivity contribution < 1.29 is 19.0 Å². The van der Waals surface area contributed by atoms with E-state index in [1.807, 2.05) is 57.2 Å². The van der Waals surface area contributed by atoms with E-state index in [-0.39, 0.29) is 18.6 Å². The molecular weight excluding hydrogens is 318 g/mol. The Balaban J connectivity index is 1.59. The number of rotatable bonds is 5. The van der Waals surface area contributed by atoms with Crippen LogP contribution in [0.5, 0.6) is 17.2 Å². The van der Waals surface area contributed by atoms with E-state index in [9.17, 15) is 4.79 Å². The van der Waals surface area contributed by atoms with Gasteiger partial charge in [0.05, 0.1) is 6.04 Å². The van der Waals surface area contributed by atoms with Crippen molar-refractivity contribution in [2.75, 3.05) is 19.8 Å². The van der Waals surface area contributed by atoms with E-state index in [2.05, 4.69) is 5.32 Å². The highest BCUT2D eigenvalue weighted by Gasteiger charge is 2.16. The molecule has 132 valence electrons. The first kappa shape index (κ1) is 17.1. The van der Waals surface area contributed by atoms with Crippen molar-refractivity contribution >= 4 is 5.91 Å². The summed E-state index contributed by atoms with van der Waals surface area (Å²) in [5.41, 5.74) is 3.00. The monoisotopic (exact) mass is 341 g/mol. The maximum atomic E-state index is 12.2. The predicted molar refractivity (Wildman–Crippen MR) is 95.4 cm³/mol. The van der Waals surface area contributed by atoms with Crippen molar-refractivity contribution in [2.24, 2.45) is 0 Å². The molecule has 5 heteroatoms. The SMILES string of the molecule is Cc1cccc(C)c1OCC(=O)NC(C)c1ccc2c(c1)OCCO2. The fraction of sp³-hybridized carbons (Fsp3) is 0.350. The van der Waals surface area contributed by atoms with Crippen LogP contribution in [0.15, 0.2) is 36.4 Å². The van der Waals surface area contributed by atoms with Crippen molar-refractivity contribution in [3.8, 4) is 17.2 Å². The number of aryl methyl sites for hydroxylation is 2. The predicted octanol–water partition coefficient (Wildman–Crippen LogP) is 3.33. The smallest absolute Gasteiger partial charge is 0.258 e. The molecule has 0 fully saturated rings. The molecule has 0 aromatic heterocycles. The molecule has 1 aliphatic heterocycles. The van der Waals surface area contributed by atoms with E-state index in [0.29, 0.717) is 13.2 Å².